The van der Waals surface area contributed by atoms with Crippen molar-refractivity contribution in [1.29, 1.82) is 0 Å². The number of nitrogens with zero attached hydrogens (tertiary/aromatic N) is 5. The van der Waals surface area contributed by atoms with E-state index in [0.717, 1.165) is 0 Å². The van der Waals surface area contributed by atoms with Gasteiger partial charge in [-0.1, -0.05) is 29.4 Å². The van der Waals surface area contributed by atoms with Gasteiger partial charge in [-0.15, -0.1) is 5.10 Å². The first-order chi connectivity index (χ1) is 11.2. The average Bonchev–Trinajstić information content (AvgIpc) is 2.99. The van der Waals surface area contributed by atoms with Gasteiger partial charge in [-0.2, -0.15) is 9.50 Å². The summed E-state index contributed by atoms with van der Waals surface area (Å²) in [6.07, 6.45) is 5.13. The van der Waals surface area contributed by atoms with Crippen LogP contribution in [0.2, 0.25) is 5.02 Å². The highest BCUT2D eigenvalue weighted by atomic mass is 35.5. The van der Waals surface area contributed by atoms with E-state index in [1.165, 1.54) is 22.5 Å². The van der Waals surface area contributed by atoms with Crippen molar-refractivity contribution in [2.75, 3.05) is 6.26 Å². The predicted molar refractivity (Wildman–Crippen MR) is 90.7 cm³/mol. The Morgan fingerprint density at radius 2 is 2.13 bits per heavy atom. The molecule has 0 radical (unpaired) electrons. The van der Waals surface area contributed by atoms with Gasteiger partial charge in [0.15, 0.2) is 0 Å². The van der Waals surface area contributed by atoms with Gasteiger partial charge in [0.1, 0.15) is 0 Å². The highest BCUT2D eigenvalue weighted by Gasteiger charge is 2.11. The Balaban J connectivity index is 2.02. The third kappa shape index (κ3) is 2.29. The predicted octanol–water partition coefficient (Wildman–Crippen LogP) is 2.80. The van der Waals surface area contributed by atoms with Gasteiger partial charge in [0.2, 0.25) is 5.16 Å². The maximum Gasteiger partial charge on any atom is 0.266 e. The molecule has 8 heteroatoms. The summed E-state index contributed by atoms with van der Waals surface area (Å²) < 4.78 is 3.12. The number of aromatic nitrogens is 5. The first kappa shape index (κ1) is 14.2. The van der Waals surface area contributed by atoms with Crippen LogP contribution >= 0.6 is 23.4 Å². The Kier molecular flexibility index (Phi) is 3.32. The summed E-state index contributed by atoms with van der Waals surface area (Å²) in [5.41, 5.74) is 1.19. The number of thioether (sulfide) groups is 1. The number of rotatable bonds is 2. The zero-order valence-electron chi connectivity index (χ0n) is 12.0. The van der Waals surface area contributed by atoms with E-state index >= 15 is 0 Å². The van der Waals surface area contributed by atoms with Crippen molar-refractivity contribution >= 4 is 40.0 Å². The summed E-state index contributed by atoms with van der Waals surface area (Å²) in [6.45, 7) is 0. The first-order valence-electron chi connectivity index (χ1n) is 6.74. The number of halogens is 1. The molecular weight excluding hydrogens is 334 g/mol. The molecule has 4 rings (SSSR count). The minimum absolute atomic E-state index is 0.180. The molecule has 6 nitrogen and oxygen atoms in total. The maximum atomic E-state index is 12.8. The normalized spacial score (nSPS) is 11.4. The van der Waals surface area contributed by atoms with Gasteiger partial charge in [0.25, 0.3) is 11.3 Å². The van der Waals surface area contributed by atoms with Crippen molar-refractivity contribution in [2.24, 2.45) is 0 Å². The van der Waals surface area contributed by atoms with Crippen molar-refractivity contribution in [3.05, 3.63) is 58.1 Å². The molecule has 0 aliphatic rings. The lowest BCUT2D eigenvalue weighted by Crippen LogP contribution is -2.18. The molecule has 0 unspecified atom stereocenters. The lowest BCUT2D eigenvalue weighted by molar-refractivity contribution is 0.904. The Morgan fingerprint density at radius 3 is 2.91 bits per heavy atom. The van der Waals surface area contributed by atoms with Gasteiger partial charge >= 0.3 is 0 Å². The monoisotopic (exact) mass is 343 g/mol. The van der Waals surface area contributed by atoms with Gasteiger partial charge < -0.3 is 0 Å². The van der Waals surface area contributed by atoms with Crippen molar-refractivity contribution in [3.63, 3.8) is 0 Å². The van der Waals surface area contributed by atoms with Crippen LogP contribution < -0.4 is 5.56 Å². The Bertz CT molecular complexity index is 1100. The quantitative estimate of drug-likeness (QED) is 0.524. The van der Waals surface area contributed by atoms with Crippen LogP contribution in [-0.4, -0.2) is 30.4 Å². The van der Waals surface area contributed by atoms with Crippen molar-refractivity contribution < 1.29 is 0 Å². The summed E-state index contributed by atoms with van der Waals surface area (Å²) in [7, 11) is 0. The second-order valence-electron chi connectivity index (χ2n) is 4.84. The van der Waals surface area contributed by atoms with Crippen LogP contribution in [0.1, 0.15) is 0 Å². The fourth-order valence-electron chi connectivity index (χ4n) is 2.42. The van der Waals surface area contributed by atoms with Gasteiger partial charge in [0.05, 0.1) is 16.6 Å². The van der Waals surface area contributed by atoms with E-state index in [9.17, 15) is 4.79 Å². The summed E-state index contributed by atoms with van der Waals surface area (Å²) >= 11 is 7.44. The molecule has 0 aliphatic heterocycles. The standard InChI is InChI=1S/C15H10ClN5OS/c1-23-15-18-14-17-8-11-12(21(14)19-15)5-6-20(13(11)22)10-4-2-3-9(16)7-10/h2-8H,1H3. The molecule has 0 aliphatic carbocycles. The van der Waals surface area contributed by atoms with Crippen molar-refractivity contribution in [1.82, 2.24) is 24.1 Å². The van der Waals surface area contributed by atoms with Gasteiger partial charge in [0, 0.05) is 17.4 Å². The molecular formula is C15H10ClN5OS. The lowest BCUT2D eigenvalue weighted by atomic mass is 10.2. The fraction of sp³-hybridized carbons (Fsp3) is 0.0667. The summed E-state index contributed by atoms with van der Waals surface area (Å²) in [6, 6.07) is 8.96. The number of pyridine rings is 1. The zero-order valence-corrected chi connectivity index (χ0v) is 13.5. The lowest BCUT2D eigenvalue weighted by Gasteiger charge is -2.07. The zero-order chi connectivity index (χ0) is 16.0. The number of hydrogen-bond donors (Lipinski definition) is 0. The molecule has 0 saturated carbocycles. The van der Waals surface area contributed by atoms with Gasteiger partial charge in [-0.05, 0) is 30.5 Å². The van der Waals surface area contributed by atoms with Crippen molar-refractivity contribution in [2.45, 2.75) is 5.16 Å². The van der Waals surface area contributed by atoms with E-state index in [2.05, 4.69) is 15.1 Å². The van der Waals surface area contributed by atoms with E-state index in [1.807, 2.05) is 18.4 Å². The van der Waals surface area contributed by atoms with Crippen LogP contribution in [-0.2, 0) is 0 Å². The second-order valence-corrected chi connectivity index (χ2v) is 6.05. The molecule has 0 N–H and O–H groups in total. The minimum atomic E-state index is -0.180. The Morgan fingerprint density at radius 1 is 1.26 bits per heavy atom. The average molecular weight is 344 g/mol. The smallest absolute Gasteiger partial charge is 0.266 e. The van der Waals surface area contributed by atoms with E-state index in [1.54, 1.807) is 28.9 Å². The van der Waals surface area contributed by atoms with Crippen LogP contribution in [0, 0.1) is 0 Å². The molecule has 4 aromatic rings. The molecule has 0 amide bonds. The Hall–Kier alpha value is -2.38. The molecule has 0 fully saturated rings. The SMILES string of the molecule is CSc1nc2ncc3c(=O)n(-c4cccc(Cl)c4)ccc3n2n1. The van der Waals surface area contributed by atoms with E-state index < -0.39 is 0 Å². The molecule has 0 saturated heterocycles. The van der Waals surface area contributed by atoms with E-state index in [0.29, 0.717) is 32.5 Å². The van der Waals surface area contributed by atoms with Crippen molar-refractivity contribution in [3.8, 4) is 5.69 Å². The van der Waals surface area contributed by atoms with Crippen LogP contribution in [0.5, 0.6) is 0 Å². The number of benzene rings is 1. The highest BCUT2D eigenvalue weighted by molar-refractivity contribution is 7.98. The van der Waals surface area contributed by atoms with Crippen LogP contribution in [0.15, 0.2) is 52.7 Å². The molecule has 3 heterocycles. The van der Waals surface area contributed by atoms with E-state index in [4.69, 9.17) is 11.6 Å². The largest absolute Gasteiger partial charge is 0.284 e. The summed E-state index contributed by atoms with van der Waals surface area (Å²) in [4.78, 5) is 21.3. The molecule has 0 bridgehead atoms. The molecule has 0 spiro atoms. The fourth-order valence-corrected chi connectivity index (χ4v) is 2.94. The third-order valence-corrected chi connectivity index (χ3v) is 4.26. The summed E-state index contributed by atoms with van der Waals surface area (Å²) in [5.74, 6) is 0.474. The number of hydrogen-bond acceptors (Lipinski definition) is 5. The molecule has 114 valence electrons. The molecule has 23 heavy (non-hydrogen) atoms. The second kappa shape index (κ2) is 5.36. The Labute approximate surface area is 139 Å². The van der Waals surface area contributed by atoms with Crippen LogP contribution in [0.3, 0.4) is 0 Å². The van der Waals surface area contributed by atoms with Gasteiger partial charge in [-0.3, -0.25) is 9.36 Å². The molecule has 3 aromatic heterocycles. The minimum Gasteiger partial charge on any atom is -0.284 e. The van der Waals surface area contributed by atoms with Crippen LogP contribution in [0.4, 0.5) is 0 Å². The third-order valence-electron chi connectivity index (χ3n) is 3.48. The molecule has 0 atom stereocenters. The van der Waals surface area contributed by atoms with Crippen LogP contribution in [0.25, 0.3) is 22.4 Å². The topological polar surface area (TPSA) is 65.1 Å². The van der Waals surface area contributed by atoms with Gasteiger partial charge in [-0.25, -0.2) is 4.98 Å². The number of fused-ring (bicyclic) bond motifs is 3. The van der Waals surface area contributed by atoms with E-state index in [-0.39, 0.29) is 5.56 Å². The highest BCUT2D eigenvalue weighted by Crippen LogP contribution is 2.17. The molecule has 1 aromatic carbocycles. The summed E-state index contributed by atoms with van der Waals surface area (Å²) in [5, 5.41) is 6.01. The first-order valence-corrected chi connectivity index (χ1v) is 8.35. The maximum absolute atomic E-state index is 12.8.